The van der Waals surface area contributed by atoms with Gasteiger partial charge in [-0.15, -0.1) is 0 Å². The van der Waals surface area contributed by atoms with Crippen molar-refractivity contribution < 1.29 is 39.3 Å². The third-order valence-electron chi connectivity index (χ3n) is 17.6. The van der Waals surface area contributed by atoms with E-state index in [4.69, 9.17) is 16.4 Å². The molecular weight excluding hydrogens is 1080 g/mol. The predicted molar refractivity (Wildman–Crippen MR) is 379 cm³/mol. The standard InChI is InChI=1S/4C17H22N.C16H20N/c1-11-7-14(4)16(8-12(11)2)17-9-13(3)15(5)10-18(17)6;3*1-11-7-13(3)17(14(4)8-11)16-9-12(2)15(5)10-18(16)6;1-11-7-6-8-15(14(11)4)16-9-12(2)13(3)10-17(16)5/h4*7-10H,1-6H3;6-10H,1-5H3/q5*+1/i2*1D3,5D3;;;. The number of hydrogen-bond acceptors (Lipinski definition) is 0. The van der Waals surface area contributed by atoms with Gasteiger partial charge < -0.3 is 0 Å². The van der Waals surface area contributed by atoms with E-state index in [1.54, 1.807) is 74.6 Å². The van der Waals surface area contributed by atoms with Crippen LogP contribution in [-0.2, 0) is 35.2 Å². The summed E-state index contributed by atoms with van der Waals surface area (Å²) in [7, 11) is 9.97. The maximum Gasteiger partial charge on any atom is 0.213 e. The van der Waals surface area contributed by atoms with Crippen molar-refractivity contribution in [1.82, 2.24) is 0 Å². The molecule has 0 amide bonds. The van der Waals surface area contributed by atoms with Gasteiger partial charge in [0.1, 0.15) is 35.2 Å². The number of benzene rings is 5. The van der Waals surface area contributed by atoms with Gasteiger partial charge >= 0.3 is 0 Å². The van der Waals surface area contributed by atoms with Crippen molar-refractivity contribution in [3.63, 3.8) is 0 Å². The third kappa shape index (κ3) is 16.8. The number of aryl methyl sites for hydroxylation is 28. The smallest absolute Gasteiger partial charge is 0.201 e. The molecule has 5 aromatic carbocycles. The molecule has 464 valence electrons. The van der Waals surface area contributed by atoms with Crippen molar-refractivity contribution in [1.29, 1.82) is 0 Å². The average Bonchev–Trinajstić information content (AvgIpc) is 0.781. The Hall–Kier alpha value is -8.15. The average molecular weight is 1200 g/mol. The molecule has 0 aliphatic carbocycles. The van der Waals surface area contributed by atoms with Crippen molar-refractivity contribution in [3.8, 4) is 56.3 Å². The summed E-state index contributed by atoms with van der Waals surface area (Å²) in [5, 5.41) is 0. The van der Waals surface area contributed by atoms with E-state index in [-0.39, 0.29) is 0 Å². The summed E-state index contributed by atoms with van der Waals surface area (Å²) in [6.45, 7) is 32.9. The molecule has 0 unspecified atom stereocenters. The molecule has 5 nitrogen and oxygen atoms in total. The largest absolute Gasteiger partial charge is 0.213 e. The van der Waals surface area contributed by atoms with Crippen LogP contribution in [0.15, 0.2) is 128 Å². The summed E-state index contributed by atoms with van der Waals surface area (Å²) in [4.78, 5) is 0. The van der Waals surface area contributed by atoms with Crippen LogP contribution in [0.2, 0.25) is 0 Å². The fourth-order valence-electron chi connectivity index (χ4n) is 12.1. The van der Waals surface area contributed by atoms with E-state index in [9.17, 15) is 0 Å². The summed E-state index contributed by atoms with van der Waals surface area (Å²) in [6, 6.07) is 33.0. The number of pyridine rings is 5. The lowest BCUT2D eigenvalue weighted by Gasteiger charge is -2.11. The van der Waals surface area contributed by atoms with Crippen LogP contribution in [0.1, 0.15) is 150 Å². The second-order valence-corrected chi connectivity index (χ2v) is 25.4. The first-order valence-corrected chi connectivity index (χ1v) is 30.8. The number of nitrogens with zero attached hydrogens (tertiary/aromatic N) is 5. The molecule has 5 heteroatoms. The van der Waals surface area contributed by atoms with Crippen molar-refractivity contribution in [2.45, 2.75) is 166 Å². The Bertz CT molecular complexity index is 4510. The molecule has 10 rings (SSSR count). The molecule has 0 saturated carbocycles. The van der Waals surface area contributed by atoms with Gasteiger partial charge in [-0.25, -0.2) is 22.8 Å². The minimum absolute atomic E-state index is 0.319. The maximum atomic E-state index is 7.62. The molecule has 0 N–H and O–H groups in total. The quantitative estimate of drug-likeness (QED) is 0.153. The Morgan fingerprint density at radius 3 is 0.865 bits per heavy atom. The molecule has 0 spiro atoms. The van der Waals surface area contributed by atoms with E-state index >= 15 is 0 Å². The lowest BCUT2D eigenvalue weighted by atomic mass is 9.95. The highest BCUT2D eigenvalue weighted by atomic mass is 14.9. The summed E-state index contributed by atoms with van der Waals surface area (Å²) in [5.41, 5.74) is 36.3. The summed E-state index contributed by atoms with van der Waals surface area (Å²) in [6.07, 6.45) is 9.89. The van der Waals surface area contributed by atoms with Crippen LogP contribution in [0.25, 0.3) is 56.3 Å². The van der Waals surface area contributed by atoms with Crippen LogP contribution in [0.3, 0.4) is 0 Å². The highest BCUT2D eigenvalue weighted by Crippen LogP contribution is 2.31. The fourth-order valence-corrected chi connectivity index (χ4v) is 12.1. The summed E-state index contributed by atoms with van der Waals surface area (Å²) in [5.74, 6) is 0. The van der Waals surface area contributed by atoms with Gasteiger partial charge in [-0.1, -0.05) is 71.3 Å². The zero-order valence-corrected chi connectivity index (χ0v) is 58.4. The molecule has 0 atom stereocenters. The lowest BCUT2D eigenvalue weighted by molar-refractivity contribution is -0.660. The van der Waals surface area contributed by atoms with Crippen LogP contribution < -0.4 is 22.8 Å². The highest BCUT2D eigenvalue weighted by molar-refractivity contribution is 5.70. The molecule has 0 bridgehead atoms. The topological polar surface area (TPSA) is 19.4 Å². The first-order valence-electron chi connectivity index (χ1n) is 36.8. The Morgan fingerprint density at radius 1 is 0.225 bits per heavy atom. The van der Waals surface area contributed by atoms with Gasteiger partial charge in [-0.2, -0.15) is 0 Å². The lowest BCUT2D eigenvalue weighted by Crippen LogP contribution is -2.31. The van der Waals surface area contributed by atoms with Gasteiger partial charge in [-0.05, 0) is 267 Å². The third-order valence-corrected chi connectivity index (χ3v) is 17.6. The van der Waals surface area contributed by atoms with Crippen molar-refractivity contribution in [2.24, 2.45) is 35.2 Å². The molecule has 0 aliphatic heterocycles. The fraction of sp³-hybridized carbons (Fsp3) is 0.345. The van der Waals surface area contributed by atoms with Gasteiger partial charge in [0.05, 0.1) is 16.7 Å². The molecule has 0 fully saturated rings. The van der Waals surface area contributed by atoms with Crippen LogP contribution in [0.5, 0.6) is 0 Å². The van der Waals surface area contributed by atoms with Crippen LogP contribution in [-0.4, -0.2) is 0 Å². The second kappa shape index (κ2) is 29.4. The first kappa shape index (κ1) is 53.8. The summed E-state index contributed by atoms with van der Waals surface area (Å²) >= 11 is 0. The molecule has 0 aliphatic rings. The van der Waals surface area contributed by atoms with Crippen LogP contribution in [0, 0.1) is 166 Å². The normalized spacial score (nSPS) is 13.3. The van der Waals surface area contributed by atoms with E-state index in [1.165, 1.54) is 112 Å². The second-order valence-electron chi connectivity index (χ2n) is 25.4. The molecular formula is C84H108N5+5. The van der Waals surface area contributed by atoms with Crippen LogP contribution in [0.4, 0.5) is 0 Å². The minimum Gasteiger partial charge on any atom is -0.201 e. The molecule has 0 radical (unpaired) electrons. The monoisotopic (exact) mass is 1200 g/mol. The molecule has 5 aromatic heterocycles. The zero-order valence-electron chi connectivity index (χ0n) is 70.4. The first-order chi connectivity index (χ1) is 46.4. The van der Waals surface area contributed by atoms with E-state index in [2.05, 4.69) is 211 Å². The molecule has 10 aromatic rings. The zero-order chi connectivity index (χ0) is 76.4. The van der Waals surface area contributed by atoms with Crippen molar-refractivity contribution in [2.75, 3.05) is 0 Å². The SMILES string of the molecule is Cc1cc(-c2cccc(C)c2C)[n+](C)cc1C.Cc1cc(C)c(-c2cc(C)c(C)c[n+]2C)c(C)c1.Cc1cc(C)c(-c2cc(C)c(C)c[n+]2C)c(C)c1.[2H]C([2H])([2H])c1cc(C)c(-c2cc(C)c(C([2H])([2H])[2H])c[n+]2C)c(C)c1.[2H]C([2H])([2H])c1cc(C)c(-c2cc(C)c(C([2H])([2H])[2H])c[n+]2C)cc1C. The van der Waals surface area contributed by atoms with Gasteiger partial charge in [0, 0.05) is 85.7 Å². The van der Waals surface area contributed by atoms with Crippen LogP contribution >= 0.6 is 0 Å². The molecule has 89 heavy (non-hydrogen) atoms. The predicted octanol–water partition coefficient (Wildman–Crippen LogP) is 18.3. The Labute approximate surface area is 556 Å². The van der Waals surface area contributed by atoms with Gasteiger partial charge in [0.25, 0.3) is 0 Å². The number of aromatic nitrogens is 5. The number of hydrogen-bond donors (Lipinski definition) is 0. The van der Waals surface area contributed by atoms with E-state index < -0.39 is 27.4 Å². The van der Waals surface area contributed by atoms with Gasteiger partial charge in [0.2, 0.25) is 28.5 Å². The van der Waals surface area contributed by atoms with E-state index in [1.807, 2.05) is 39.0 Å². The van der Waals surface area contributed by atoms with Crippen molar-refractivity contribution in [3.05, 3.63) is 262 Å². The van der Waals surface area contributed by atoms with E-state index in [0.717, 1.165) is 39.2 Å². The Morgan fingerprint density at radius 2 is 0.517 bits per heavy atom. The Kier molecular flexibility index (Phi) is 17.8. The Balaban J connectivity index is 0.000000200. The number of rotatable bonds is 5. The maximum absolute atomic E-state index is 7.62. The summed E-state index contributed by atoms with van der Waals surface area (Å²) < 4.78 is 102. The highest BCUT2D eigenvalue weighted by Gasteiger charge is 2.21. The van der Waals surface area contributed by atoms with Gasteiger partial charge in [-0.3, -0.25) is 0 Å². The van der Waals surface area contributed by atoms with Crippen molar-refractivity contribution >= 4 is 0 Å². The minimum atomic E-state index is -2.16. The molecule has 5 heterocycles. The van der Waals surface area contributed by atoms with Gasteiger partial charge in [0.15, 0.2) is 31.0 Å². The molecule has 0 saturated heterocycles. The van der Waals surface area contributed by atoms with E-state index in [0.29, 0.717) is 38.9 Å².